The Bertz CT molecular complexity index is 295. The molecule has 3 nitrogen and oxygen atoms in total. The second kappa shape index (κ2) is 6.74. The predicted octanol–water partition coefficient (Wildman–Crippen LogP) is 2.80. The molecule has 2 fully saturated rings. The Kier molecular flexibility index (Phi) is 5.26. The summed E-state index contributed by atoms with van der Waals surface area (Å²) in [4.78, 5) is 14.3. The number of hydrogen-bond donors (Lipinski definition) is 1. The molecule has 1 aliphatic carbocycles. The fraction of sp³-hybridized carbons (Fsp3) is 0.938. The van der Waals surface area contributed by atoms with Crippen molar-refractivity contribution in [1.29, 1.82) is 0 Å². The van der Waals surface area contributed by atoms with E-state index in [1.165, 1.54) is 32.1 Å². The summed E-state index contributed by atoms with van der Waals surface area (Å²) in [6, 6.07) is 0.472. The Morgan fingerprint density at radius 1 is 1.21 bits per heavy atom. The van der Waals surface area contributed by atoms with Crippen LogP contribution in [0.15, 0.2) is 0 Å². The number of hydrogen-bond acceptors (Lipinski definition) is 2. The minimum absolute atomic E-state index is 0.0754. The summed E-state index contributed by atoms with van der Waals surface area (Å²) >= 11 is 0. The molecule has 1 saturated carbocycles. The third-order valence-electron chi connectivity index (χ3n) is 4.77. The maximum absolute atomic E-state index is 12.2. The van der Waals surface area contributed by atoms with Gasteiger partial charge in [0, 0.05) is 19.1 Å². The summed E-state index contributed by atoms with van der Waals surface area (Å²) < 4.78 is 0. The standard InChI is InChI=1S/C16H30N2O/c1-12(2)17-15-9-11-18(16(15)19)10-8-14-6-4-13(3)5-7-14/h12-15,17H,4-11H2,1-3H3. The van der Waals surface area contributed by atoms with Crippen LogP contribution in [-0.2, 0) is 4.79 Å². The monoisotopic (exact) mass is 266 g/mol. The average Bonchev–Trinajstić information content (AvgIpc) is 2.70. The van der Waals surface area contributed by atoms with Crippen molar-refractivity contribution in [3.05, 3.63) is 0 Å². The number of rotatable bonds is 5. The largest absolute Gasteiger partial charge is 0.341 e. The first-order valence-electron chi connectivity index (χ1n) is 8.11. The molecular weight excluding hydrogens is 236 g/mol. The smallest absolute Gasteiger partial charge is 0.239 e. The zero-order valence-electron chi connectivity index (χ0n) is 12.8. The molecule has 1 saturated heterocycles. The van der Waals surface area contributed by atoms with Gasteiger partial charge in [-0.15, -0.1) is 0 Å². The predicted molar refractivity (Wildman–Crippen MR) is 79.0 cm³/mol. The van der Waals surface area contributed by atoms with Gasteiger partial charge >= 0.3 is 0 Å². The van der Waals surface area contributed by atoms with Crippen LogP contribution in [0.4, 0.5) is 0 Å². The summed E-state index contributed by atoms with van der Waals surface area (Å²) in [5.74, 6) is 2.11. The second-order valence-electron chi connectivity index (χ2n) is 6.90. The lowest BCUT2D eigenvalue weighted by Gasteiger charge is -2.28. The summed E-state index contributed by atoms with van der Waals surface area (Å²) in [7, 11) is 0. The van der Waals surface area contributed by atoms with Crippen LogP contribution in [0.5, 0.6) is 0 Å². The Morgan fingerprint density at radius 2 is 1.89 bits per heavy atom. The third-order valence-corrected chi connectivity index (χ3v) is 4.77. The van der Waals surface area contributed by atoms with Gasteiger partial charge in [-0.05, 0) is 24.7 Å². The number of amides is 1. The number of carbonyl (C=O) groups excluding carboxylic acids is 1. The molecule has 0 spiro atoms. The fourth-order valence-corrected chi connectivity index (χ4v) is 3.47. The van der Waals surface area contributed by atoms with Crippen molar-refractivity contribution in [3.8, 4) is 0 Å². The van der Waals surface area contributed by atoms with Crippen LogP contribution in [0, 0.1) is 11.8 Å². The molecule has 19 heavy (non-hydrogen) atoms. The maximum atomic E-state index is 12.2. The molecule has 1 atom stereocenters. The average molecular weight is 266 g/mol. The molecule has 1 amide bonds. The van der Waals surface area contributed by atoms with Gasteiger partial charge in [0.05, 0.1) is 6.04 Å². The van der Waals surface area contributed by atoms with E-state index in [0.29, 0.717) is 11.9 Å². The third kappa shape index (κ3) is 4.20. The minimum atomic E-state index is 0.0754. The molecule has 0 radical (unpaired) electrons. The van der Waals surface area contributed by atoms with E-state index < -0.39 is 0 Å². The van der Waals surface area contributed by atoms with Crippen LogP contribution < -0.4 is 5.32 Å². The van der Waals surface area contributed by atoms with Crippen molar-refractivity contribution in [3.63, 3.8) is 0 Å². The van der Waals surface area contributed by atoms with Crippen LogP contribution in [0.25, 0.3) is 0 Å². The van der Waals surface area contributed by atoms with Gasteiger partial charge in [-0.1, -0.05) is 46.5 Å². The van der Waals surface area contributed by atoms with Crippen molar-refractivity contribution in [2.45, 2.75) is 71.4 Å². The Hall–Kier alpha value is -0.570. The van der Waals surface area contributed by atoms with Gasteiger partial charge in [0.1, 0.15) is 0 Å². The van der Waals surface area contributed by atoms with Crippen molar-refractivity contribution >= 4 is 5.91 Å². The fourth-order valence-electron chi connectivity index (χ4n) is 3.47. The van der Waals surface area contributed by atoms with Crippen LogP contribution >= 0.6 is 0 Å². The normalized spacial score (nSPS) is 32.3. The second-order valence-corrected chi connectivity index (χ2v) is 6.90. The van der Waals surface area contributed by atoms with Gasteiger partial charge in [0.2, 0.25) is 5.91 Å². The van der Waals surface area contributed by atoms with E-state index in [9.17, 15) is 4.79 Å². The van der Waals surface area contributed by atoms with E-state index in [1.54, 1.807) is 0 Å². The van der Waals surface area contributed by atoms with E-state index in [-0.39, 0.29) is 6.04 Å². The van der Waals surface area contributed by atoms with Gasteiger partial charge in [-0.25, -0.2) is 0 Å². The zero-order chi connectivity index (χ0) is 13.8. The van der Waals surface area contributed by atoms with E-state index >= 15 is 0 Å². The van der Waals surface area contributed by atoms with Crippen LogP contribution in [-0.4, -0.2) is 36.0 Å². The Labute approximate surface area is 118 Å². The Balaban J connectivity index is 1.70. The lowest BCUT2D eigenvalue weighted by atomic mass is 9.81. The van der Waals surface area contributed by atoms with Crippen molar-refractivity contribution in [1.82, 2.24) is 10.2 Å². The van der Waals surface area contributed by atoms with Gasteiger partial charge < -0.3 is 10.2 Å². The highest BCUT2D eigenvalue weighted by atomic mass is 16.2. The molecule has 1 aliphatic heterocycles. The summed E-state index contributed by atoms with van der Waals surface area (Å²) in [6.07, 6.45) is 7.71. The molecule has 110 valence electrons. The van der Waals surface area contributed by atoms with Gasteiger partial charge in [-0.3, -0.25) is 4.79 Å². The molecule has 3 heteroatoms. The topological polar surface area (TPSA) is 32.3 Å². The lowest BCUT2D eigenvalue weighted by Crippen LogP contribution is -2.41. The molecule has 1 heterocycles. The SMILES string of the molecule is CC1CCC(CCN2CCC(NC(C)C)C2=O)CC1. The summed E-state index contributed by atoms with van der Waals surface area (Å²) in [5.41, 5.74) is 0. The maximum Gasteiger partial charge on any atom is 0.239 e. The van der Waals surface area contributed by atoms with Crippen LogP contribution in [0.2, 0.25) is 0 Å². The van der Waals surface area contributed by atoms with E-state index in [4.69, 9.17) is 0 Å². The van der Waals surface area contributed by atoms with Crippen molar-refractivity contribution in [2.75, 3.05) is 13.1 Å². The van der Waals surface area contributed by atoms with Crippen LogP contribution in [0.3, 0.4) is 0 Å². The van der Waals surface area contributed by atoms with Gasteiger partial charge in [0.25, 0.3) is 0 Å². The molecular formula is C16H30N2O. The molecule has 2 aliphatic rings. The number of nitrogens with zero attached hydrogens (tertiary/aromatic N) is 1. The summed E-state index contributed by atoms with van der Waals surface area (Å²) in [5, 5.41) is 3.37. The molecule has 0 aromatic heterocycles. The highest BCUT2D eigenvalue weighted by molar-refractivity contribution is 5.83. The highest BCUT2D eigenvalue weighted by Crippen LogP contribution is 2.30. The molecule has 0 aromatic carbocycles. The first kappa shape index (κ1) is 14.8. The minimum Gasteiger partial charge on any atom is -0.341 e. The quantitative estimate of drug-likeness (QED) is 0.830. The number of carbonyl (C=O) groups is 1. The molecule has 1 N–H and O–H groups in total. The van der Waals surface area contributed by atoms with E-state index in [2.05, 4.69) is 31.0 Å². The van der Waals surface area contributed by atoms with Crippen molar-refractivity contribution in [2.24, 2.45) is 11.8 Å². The van der Waals surface area contributed by atoms with Crippen LogP contribution in [0.1, 0.15) is 59.3 Å². The number of likely N-dealkylation sites (tertiary alicyclic amines) is 1. The summed E-state index contributed by atoms with van der Waals surface area (Å²) in [6.45, 7) is 8.52. The first-order chi connectivity index (χ1) is 9.06. The first-order valence-corrected chi connectivity index (χ1v) is 8.11. The molecule has 0 aromatic rings. The number of nitrogens with one attached hydrogen (secondary N) is 1. The van der Waals surface area contributed by atoms with E-state index in [0.717, 1.165) is 31.3 Å². The Morgan fingerprint density at radius 3 is 2.53 bits per heavy atom. The highest BCUT2D eigenvalue weighted by Gasteiger charge is 2.31. The molecule has 0 bridgehead atoms. The van der Waals surface area contributed by atoms with Gasteiger partial charge in [0.15, 0.2) is 0 Å². The molecule has 2 rings (SSSR count). The zero-order valence-corrected chi connectivity index (χ0v) is 12.8. The van der Waals surface area contributed by atoms with Crippen molar-refractivity contribution < 1.29 is 4.79 Å². The molecule has 1 unspecified atom stereocenters. The van der Waals surface area contributed by atoms with E-state index in [1.807, 2.05) is 0 Å². The van der Waals surface area contributed by atoms with Gasteiger partial charge in [-0.2, -0.15) is 0 Å². The lowest BCUT2D eigenvalue weighted by molar-refractivity contribution is -0.129.